The molecular formula is C21H20F3N5O3. The molecule has 1 N–H and O–H groups in total. The number of para-hydroxylation sites is 1. The summed E-state index contributed by atoms with van der Waals surface area (Å²) in [4.78, 5) is 25.1. The Morgan fingerprint density at radius 2 is 1.94 bits per heavy atom. The van der Waals surface area contributed by atoms with Crippen molar-refractivity contribution in [3.8, 4) is 5.69 Å². The second kappa shape index (κ2) is 8.48. The number of rotatable bonds is 7. The number of hydrogen-bond acceptors (Lipinski definition) is 5. The van der Waals surface area contributed by atoms with Crippen LogP contribution in [0.2, 0.25) is 0 Å². The standard InChI is InChI=1S/C21H20F3N5O3/c1-2-32-20(31)15-11-25-29(14-6-4-3-5-7-14)19(15)26-18(30)12-28-16(13-8-9-13)10-17(27-28)21(22,23)24/h3-7,10-11,13H,2,8-9,12H2,1H3,(H,26,30). The fourth-order valence-corrected chi connectivity index (χ4v) is 3.30. The van der Waals surface area contributed by atoms with Gasteiger partial charge in [-0.1, -0.05) is 18.2 Å². The zero-order valence-electron chi connectivity index (χ0n) is 17.1. The third-order valence-electron chi connectivity index (χ3n) is 4.91. The van der Waals surface area contributed by atoms with E-state index in [0.717, 1.165) is 23.6 Å². The van der Waals surface area contributed by atoms with Crippen molar-refractivity contribution in [1.29, 1.82) is 0 Å². The maximum Gasteiger partial charge on any atom is 0.435 e. The molecule has 1 aromatic carbocycles. The number of alkyl halides is 3. The number of amides is 1. The lowest BCUT2D eigenvalue weighted by Gasteiger charge is -2.12. The molecule has 0 atom stereocenters. The van der Waals surface area contributed by atoms with Gasteiger partial charge in [-0.3, -0.25) is 9.48 Å². The smallest absolute Gasteiger partial charge is 0.435 e. The Kier molecular flexibility index (Phi) is 5.72. The number of halogens is 3. The minimum absolute atomic E-state index is 0.0305. The highest BCUT2D eigenvalue weighted by Crippen LogP contribution is 2.42. The number of hydrogen-bond donors (Lipinski definition) is 1. The number of aromatic nitrogens is 4. The molecule has 4 rings (SSSR count). The van der Waals surface area contributed by atoms with Gasteiger partial charge in [0.1, 0.15) is 12.1 Å². The fourth-order valence-electron chi connectivity index (χ4n) is 3.30. The van der Waals surface area contributed by atoms with Crippen LogP contribution in [0.5, 0.6) is 0 Å². The molecule has 1 aliphatic rings. The summed E-state index contributed by atoms with van der Waals surface area (Å²) in [6.45, 7) is 1.33. The van der Waals surface area contributed by atoms with Crippen LogP contribution in [0.3, 0.4) is 0 Å². The van der Waals surface area contributed by atoms with E-state index in [1.807, 2.05) is 0 Å². The van der Waals surface area contributed by atoms with Crippen LogP contribution in [0, 0.1) is 0 Å². The van der Waals surface area contributed by atoms with Gasteiger partial charge in [0, 0.05) is 11.6 Å². The molecule has 32 heavy (non-hydrogen) atoms. The van der Waals surface area contributed by atoms with E-state index in [-0.39, 0.29) is 23.9 Å². The van der Waals surface area contributed by atoms with Crippen molar-refractivity contribution < 1.29 is 27.5 Å². The molecule has 168 valence electrons. The first-order valence-electron chi connectivity index (χ1n) is 10.0. The molecule has 0 radical (unpaired) electrons. The fraction of sp³-hybridized carbons (Fsp3) is 0.333. The molecule has 0 bridgehead atoms. The lowest BCUT2D eigenvalue weighted by molar-refractivity contribution is -0.141. The lowest BCUT2D eigenvalue weighted by Crippen LogP contribution is -2.24. The van der Waals surface area contributed by atoms with Crippen molar-refractivity contribution in [3.05, 3.63) is 59.5 Å². The average molecular weight is 447 g/mol. The summed E-state index contributed by atoms with van der Waals surface area (Å²) in [5.41, 5.74) is -0.0539. The van der Waals surface area contributed by atoms with Gasteiger partial charge in [-0.15, -0.1) is 0 Å². The van der Waals surface area contributed by atoms with E-state index in [1.165, 1.54) is 10.9 Å². The van der Waals surface area contributed by atoms with E-state index < -0.39 is 30.3 Å². The topological polar surface area (TPSA) is 91.0 Å². The maximum atomic E-state index is 13.1. The van der Waals surface area contributed by atoms with Crippen molar-refractivity contribution in [2.75, 3.05) is 11.9 Å². The minimum atomic E-state index is -4.60. The normalized spacial score (nSPS) is 13.8. The first kappa shape index (κ1) is 21.6. The number of ether oxygens (including phenoxy) is 1. The summed E-state index contributed by atoms with van der Waals surface area (Å²) in [5.74, 6) is -1.30. The van der Waals surface area contributed by atoms with Crippen LogP contribution < -0.4 is 5.32 Å². The molecule has 2 aromatic heterocycles. The first-order valence-corrected chi connectivity index (χ1v) is 10.0. The van der Waals surface area contributed by atoms with Gasteiger partial charge in [0.05, 0.1) is 18.5 Å². The molecule has 0 unspecified atom stereocenters. The second-order valence-corrected chi connectivity index (χ2v) is 7.31. The number of esters is 1. The van der Waals surface area contributed by atoms with Gasteiger partial charge in [0.15, 0.2) is 11.5 Å². The van der Waals surface area contributed by atoms with Crippen molar-refractivity contribution in [2.45, 2.75) is 38.4 Å². The maximum absolute atomic E-state index is 13.1. The summed E-state index contributed by atoms with van der Waals surface area (Å²) < 4.78 is 46.8. The molecule has 1 aliphatic carbocycles. The molecule has 11 heteroatoms. The Morgan fingerprint density at radius 3 is 2.56 bits per heavy atom. The predicted molar refractivity (Wildman–Crippen MR) is 107 cm³/mol. The Balaban J connectivity index is 1.63. The summed E-state index contributed by atoms with van der Waals surface area (Å²) >= 11 is 0. The molecule has 3 aromatic rings. The number of anilines is 1. The van der Waals surface area contributed by atoms with Gasteiger partial charge in [-0.2, -0.15) is 23.4 Å². The van der Waals surface area contributed by atoms with E-state index >= 15 is 0 Å². The summed E-state index contributed by atoms with van der Waals surface area (Å²) in [6, 6.07) is 9.77. The first-order chi connectivity index (χ1) is 15.3. The van der Waals surface area contributed by atoms with Crippen LogP contribution in [-0.2, 0) is 22.3 Å². The summed E-state index contributed by atoms with van der Waals surface area (Å²) in [7, 11) is 0. The molecule has 0 spiro atoms. The Labute approximate surface area is 181 Å². The van der Waals surface area contributed by atoms with E-state index in [1.54, 1.807) is 37.3 Å². The van der Waals surface area contributed by atoms with Crippen LogP contribution in [0.4, 0.5) is 19.0 Å². The van der Waals surface area contributed by atoms with Gasteiger partial charge in [-0.05, 0) is 38.0 Å². The third-order valence-corrected chi connectivity index (χ3v) is 4.91. The molecule has 0 aliphatic heterocycles. The van der Waals surface area contributed by atoms with Crippen LogP contribution in [0.25, 0.3) is 5.69 Å². The number of nitrogens with one attached hydrogen (secondary N) is 1. The molecule has 1 saturated carbocycles. The van der Waals surface area contributed by atoms with Crippen LogP contribution in [0.15, 0.2) is 42.6 Å². The molecule has 1 amide bonds. The van der Waals surface area contributed by atoms with Gasteiger partial charge in [-0.25, -0.2) is 9.48 Å². The predicted octanol–water partition coefficient (Wildman–Crippen LogP) is 3.78. The Morgan fingerprint density at radius 1 is 1.22 bits per heavy atom. The van der Waals surface area contributed by atoms with Gasteiger partial charge in [0.25, 0.3) is 0 Å². The highest BCUT2D eigenvalue weighted by atomic mass is 19.4. The molecule has 8 nitrogen and oxygen atoms in total. The van der Waals surface area contributed by atoms with Crippen LogP contribution >= 0.6 is 0 Å². The van der Waals surface area contributed by atoms with E-state index in [4.69, 9.17) is 4.74 Å². The lowest BCUT2D eigenvalue weighted by atomic mass is 10.2. The highest BCUT2D eigenvalue weighted by Gasteiger charge is 2.38. The summed E-state index contributed by atoms with van der Waals surface area (Å²) in [6.07, 6.45) is -1.84. The Hall–Kier alpha value is -3.63. The average Bonchev–Trinajstić information content (AvgIpc) is 3.36. The molecule has 0 saturated heterocycles. The van der Waals surface area contributed by atoms with Gasteiger partial charge in [0.2, 0.25) is 5.91 Å². The highest BCUT2D eigenvalue weighted by molar-refractivity contribution is 6.00. The van der Waals surface area contributed by atoms with Crippen molar-refractivity contribution >= 4 is 17.7 Å². The van der Waals surface area contributed by atoms with E-state index in [9.17, 15) is 22.8 Å². The van der Waals surface area contributed by atoms with Crippen molar-refractivity contribution in [1.82, 2.24) is 19.6 Å². The van der Waals surface area contributed by atoms with Crippen molar-refractivity contribution in [2.24, 2.45) is 0 Å². The zero-order chi connectivity index (χ0) is 22.9. The number of carbonyl (C=O) groups excluding carboxylic acids is 2. The minimum Gasteiger partial charge on any atom is -0.462 e. The molecular weight excluding hydrogens is 427 g/mol. The van der Waals surface area contributed by atoms with Crippen LogP contribution in [-0.4, -0.2) is 38.0 Å². The van der Waals surface area contributed by atoms with E-state index in [2.05, 4.69) is 15.5 Å². The quantitative estimate of drug-likeness (QED) is 0.557. The van der Waals surface area contributed by atoms with Crippen molar-refractivity contribution in [3.63, 3.8) is 0 Å². The molecule has 1 fully saturated rings. The Bertz CT molecular complexity index is 1130. The zero-order valence-corrected chi connectivity index (χ0v) is 17.1. The second-order valence-electron chi connectivity index (χ2n) is 7.31. The number of nitrogens with zero attached hydrogens (tertiary/aromatic N) is 4. The number of carbonyl (C=O) groups is 2. The molecule has 2 heterocycles. The van der Waals surface area contributed by atoms with Gasteiger partial charge < -0.3 is 10.1 Å². The monoisotopic (exact) mass is 447 g/mol. The van der Waals surface area contributed by atoms with E-state index in [0.29, 0.717) is 11.4 Å². The largest absolute Gasteiger partial charge is 0.462 e. The van der Waals surface area contributed by atoms with Crippen LogP contribution in [0.1, 0.15) is 47.4 Å². The van der Waals surface area contributed by atoms with Gasteiger partial charge >= 0.3 is 12.1 Å². The SMILES string of the molecule is CCOC(=O)c1cnn(-c2ccccc2)c1NC(=O)Cn1nc(C(F)(F)F)cc1C1CC1. The summed E-state index contributed by atoms with van der Waals surface area (Å²) in [5, 5.41) is 10.4. The number of benzene rings is 1. The third kappa shape index (κ3) is 4.51.